The number of ketones is 1. The zero-order valence-corrected chi connectivity index (χ0v) is 18.8. The molecule has 1 fully saturated rings. The number of morpholine rings is 1. The average Bonchev–Trinajstić information content (AvgIpc) is 2.80. The van der Waals surface area contributed by atoms with E-state index in [1.807, 2.05) is 0 Å². The van der Waals surface area contributed by atoms with Crippen molar-refractivity contribution in [2.75, 3.05) is 35.9 Å². The number of ether oxygens (including phenoxy) is 1. The monoisotopic (exact) mass is 492 g/mol. The summed E-state index contributed by atoms with van der Waals surface area (Å²) in [4.78, 5) is 14.5. The summed E-state index contributed by atoms with van der Waals surface area (Å²) in [5.74, 6) is -1.18. The van der Waals surface area contributed by atoms with Crippen LogP contribution in [0.1, 0.15) is 15.9 Å². The highest BCUT2D eigenvalue weighted by Crippen LogP contribution is 2.28. The van der Waals surface area contributed by atoms with Crippen molar-refractivity contribution in [3.63, 3.8) is 0 Å². The Kier molecular flexibility index (Phi) is 6.50. The van der Waals surface area contributed by atoms with Crippen molar-refractivity contribution < 1.29 is 32.3 Å². The van der Waals surface area contributed by atoms with E-state index in [1.165, 1.54) is 54.9 Å². The number of carbonyl (C=O) groups excluding carboxylic acids is 1. The highest BCUT2D eigenvalue weighted by Gasteiger charge is 2.23. The summed E-state index contributed by atoms with van der Waals surface area (Å²) in [6.45, 7) is 1.95. The van der Waals surface area contributed by atoms with Gasteiger partial charge >= 0.3 is 0 Å². The molecule has 0 amide bonds. The molecule has 0 saturated carbocycles. The number of anilines is 2. The molecular weight excluding hydrogens is 473 g/mol. The molecule has 0 atom stereocenters. The minimum Gasteiger partial charge on any atom is -0.378 e. The Hall–Kier alpha value is -3.21. The van der Waals surface area contributed by atoms with Crippen molar-refractivity contribution >= 4 is 38.8 Å². The highest BCUT2D eigenvalue weighted by molar-refractivity contribution is 7.92. The summed E-state index contributed by atoms with van der Waals surface area (Å²) < 4.78 is 49.1. The van der Waals surface area contributed by atoms with Crippen molar-refractivity contribution in [1.82, 2.24) is 0 Å². The maximum Gasteiger partial charge on any atom is 0.262 e. The summed E-state index contributed by atoms with van der Waals surface area (Å²) in [7, 11) is -4.21. The second-order valence-electron chi connectivity index (χ2n) is 7.30. The maximum atomic E-state index is 14.7. The van der Waals surface area contributed by atoms with Crippen LogP contribution in [0, 0.1) is 5.82 Å². The zero-order chi connectivity index (χ0) is 23.6. The normalized spacial score (nSPS) is 14.2. The highest BCUT2D eigenvalue weighted by atomic mass is 35.5. The van der Waals surface area contributed by atoms with Gasteiger partial charge in [0, 0.05) is 46.1 Å². The second kappa shape index (κ2) is 9.34. The third-order valence-electron chi connectivity index (χ3n) is 5.13. The van der Waals surface area contributed by atoms with E-state index in [2.05, 4.69) is 4.72 Å². The lowest BCUT2D eigenvalue weighted by Gasteiger charge is -2.29. The van der Waals surface area contributed by atoms with Crippen molar-refractivity contribution in [2.45, 2.75) is 4.90 Å². The Bertz CT molecular complexity index is 1300. The molecule has 0 bridgehead atoms. The molecule has 2 heterocycles. The maximum absolute atomic E-state index is 14.7. The van der Waals surface area contributed by atoms with Crippen LogP contribution in [0.4, 0.5) is 15.8 Å². The number of nitrogens with zero attached hydrogens (tertiary/aromatic N) is 2. The predicted octanol–water partition coefficient (Wildman–Crippen LogP) is 2.87. The molecule has 1 saturated heterocycles. The fraction of sp³-hybridized carbons (Fsp3) is 0.182. The van der Waals surface area contributed by atoms with Gasteiger partial charge in [-0.05, 0) is 36.4 Å². The van der Waals surface area contributed by atoms with Crippen LogP contribution in [0.3, 0.4) is 0 Å². The van der Waals surface area contributed by atoms with Crippen LogP contribution >= 0.6 is 11.6 Å². The predicted molar refractivity (Wildman–Crippen MR) is 119 cm³/mol. The van der Waals surface area contributed by atoms with Crippen molar-refractivity contribution in [1.29, 1.82) is 0 Å². The van der Waals surface area contributed by atoms with Crippen LogP contribution in [-0.2, 0) is 14.8 Å². The van der Waals surface area contributed by atoms with E-state index in [-0.39, 0.29) is 26.7 Å². The minimum atomic E-state index is -4.21. The lowest BCUT2D eigenvalue weighted by molar-refractivity contribution is -0.904. The first-order valence-corrected chi connectivity index (χ1v) is 11.8. The van der Waals surface area contributed by atoms with Crippen LogP contribution in [-0.4, -0.2) is 45.7 Å². The van der Waals surface area contributed by atoms with Crippen molar-refractivity contribution in [3.05, 3.63) is 82.9 Å². The number of aromatic nitrogens is 1. The number of hydrogen-bond donors (Lipinski definition) is 2. The number of halogens is 2. The van der Waals surface area contributed by atoms with Crippen molar-refractivity contribution in [2.24, 2.45) is 0 Å². The summed E-state index contributed by atoms with van der Waals surface area (Å²) in [6, 6.07) is 10.6. The molecule has 172 valence electrons. The minimum absolute atomic E-state index is 0.00664. The molecule has 33 heavy (non-hydrogen) atoms. The largest absolute Gasteiger partial charge is 0.378 e. The molecule has 11 heteroatoms. The van der Waals surface area contributed by atoms with Crippen LogP contribution < -0.4 is 14.4 Å². The van der Waals surface area contributed by atoms with Crippen LogP contribution in [0.5, 0.6) is 0 Å². The SMILES string of the molecule is O=C(c1cc[n+](O)cc1)c1cc(Cl)ccc1NS(=O)(=O)c1ccc(N2CCOCC2)c(F)c1. The molecule has 2 N–H and O–H groups in total. The van der Waals surface area contributed by atoms with Gasteiger partial charge in [-0.15, -0.1) is 0 Å². The molecule has 1 aliphatic rings. The first-order chi connectivity index (χ1) is 15.7. The van der Waals surface area contributed by atoms with Gasteiger partial charge in [0.2, 0.25) is 12.4 Å². The van der Waals surface area contributed by atoms with E-state index in [1.54, 1.807) is 4.90 Å². The Morgan fingerprint density at radius 3 is 2.45 bits per heavy atom. The number of nitrogens with one attached hydrogen (secondary N) is 1. The Labute approximate surface area is 194 Å². The van der Waals surface area contributed by atoms with Gasteiger partial charge < -0.3 is 9.64 Å². The Morgan fingerprint density at radius 1 is 1.09 bits per heavy atom. The van der Waals surface area contributed by atoms with Gasteiger partial charge in [-0.1, -0.05) is 11.6 Å². The number of carbonyl (C=O) groups is 1. The number of benzene rings is 2. The fourth-order valence-electron chi connectivity index (χ4n) is 3.44. The molecule has 3 aromatic rings. The quantitative estimate of drug-likeness (QED) is 0.312. The molecule has 0 unspecified atom stereocenters. The molecule has 0 aliphatic carbocycles. The molecule has 2 aromatic carbocycles. The fourth-order valence-corrected chi connectivity index (χ4v) is 4.70. The molecule has 1 aliphatic heterocycles. The van der Waals surface area contributed by atoms with Crippen molar-refractivity contribution in [3.8, 4) is 0 Å². The summed E-state index contributed by atoms with van der Waals surface area (Å²) in [5.41, 5.74) is 0.503. The van der Waals surface area contributed by atoms with Gasteiger partial charge in [0.1, 0.15) is 5.82 Å². The van der Waals surface area contributed by atoms with Crippen LogP contribution in [0.2, 0.25) is 5.02 Å². The molecule has 8 nitrogen and oxygen atoms in total. The molecule has 1 aromatic heterocycles. The average molecular weight is 493 g/mol. The second-order valence-corrected chi connectivity index (χ2v) is 9.42. The number of hydrogen-bond acceptors (Lipinski definition) is 6. The molecule has 0 radical (unpaired) electrons. The first-order valence-electron chi connectivity index (χ1n) is 9.94. The third-order valence-corrected chi connectivity index (χ3v) is 6.73. The lowest BCUT2D eigenvalue weighted by Crippen LogP contribution is -2.36. The van der Waals surface area contributed by atoms with E-state index in [0.717, 1.165) is 10.8 Å². The van der Waals surface area contributed by atoms with E-state index < -0.39 is 21.6 Å². The van der Waals surface area contributed by atoms with E-state index in [9.17, 15) is 22.8 Å². The third kappa shape index (κ3) is 5.08. The lowest BCUT2D eigenvalue weighted by atomic mass is 10.0. The van der Waals surface area contributed by atoms with E-state index >= 15 is 0 Å². The summed E-state index contributed by atoms with van der Waals surface area (Å²) >= 11 is 6.04. The van der Waals surface area contributed by atoms with Crippen LogP contribution in [0.15, 0.2) is 65.8 Å². The molecule has 0 spiro atoms. The topological polar surface area (TPSA) is 99.8 Å². The Morgan fingerprint density at radius 2 is 1.79 bits per heavy atom. The first kappa shape index (κ1) is 23.0. The Balaban J connectivity index is 1.64. The van der Waals surface area contributed by atoms with Gasteiger partial charge in [0.05, 0.1) is 29.5 Å². The van der Waals surface area contributed by atoms with E-state index in [0.29, 0.717) is 32.0 Å². The van der Waals surface area contributed by atoms with E-state index in [4.69, 9.17) is 16.3 Å². The van der Waals surface area contributed by atoms with Gasteiger partial charge in [0.15, 0.2) is 5.78 Å². The standard InChI is InChI=1S/C22H19ClFN3O5S/c23-16-1-3-20(18(13-16)22(28)15-5-7-27(29)8-6-15)25-33(30,31)17-2-4-21(19(24)14-17)26-9-11-32-12-10-26/h1-8,13-14H,9-12H2,(H-,25,28,29)/p+1. The van der Waals surface area contributed by atoms with Gasteiger partial charge in [-0.2, -0.15) is 0 Å². The number of sulfonamides is 1. The number of pyridine rings is 1. The van der Waals surface area contributed by atoms with Gasteiger partial charge in [-0.3, -0.25) is 14.7 Å². The number of rotatable bonds is 6. The van der Waals surface area contributed by atoms with Gasteiger partial charge in [0.25, 0.3) is 10.0 Å². The smallest absolute Gasteiger partial charge is 0.262 e. The molecular formula is C22H20ClFN3O5S+. The van der Waals surface area contributed by atoms with Gasteiger partial charge in [-0.25, -0.2) is 12.8 Å². The summed E-state index contributed by atoms with van der Waals surface area (Å²) in [6.07, 6.45) is 2.53. The van der Waals surface area contributed by atoms with Crippen LogP contribution in [0.25, 0.3) is 0 Å². The summed E-state index contributed by atoms with van der Waals surface area (Å²) in [5, 5.41) is 9.60. The molecule has 4 rings (SSSR count). The zero-order valence-electron chi connectivity index (χ0n) is 17.2.